The lowest BCUT2D eigenvalue weighted by molar-refractivity contribution is 0.0975. The van der Waals surface area contributed by atoms with Gasteiger partial charge in [-0.15, -0.1) is 10.2 Å². The minimum atomic E-state index is -0.293. The van der Waals surface area contributed by atoms with Crippen LogP contribution in [-0.4, -0.2) is 26.5 Å². The van der Waals surface area contributed by atoms with Gasteiger partial charge in [0.05, 0.1) is 6.54 Å². The van der Waals surface area contributed by atoms with Gasteiger partial charge in [-0.1, -0.05) is 48.5 Å². The molecule has 0 bridgehead atoms. The van der Waals surface area contributed by atoms with Crippen molar-refractivity contribution in [3.05, 3.63) is 72.1 Å². The third-order valence-corrected chi connectivity index (χ3v) is 3.03. The second kappa shape index (κ2) is 5.96. The van der Waals surface area contributed by atoms with Crippen molar-refractivity contribution < 1.29 is 4.79 Å². The van der Waals surface area contributed by atoms with Crippen LogP contribution in [0.5, 0.6) is 0 Å². The summed E-state index contributed by atoms with van der Waals surface area (Å²) < 4.78 is 0. The van der Waals surface area contributed by atoms with Crippen molar-refractivity contribution in [2.75, 3.05) is 4.90 Å². The van der Waals surface area contributed by atoms with Gasteiger partial charge in [0.15, 0.2) is 0 Å². The summed E-state index contributed by atoms with van der Waals surface area (Å²) in [4.78, 5) is 14.2. The normalized spacial score (nSPS) is 10.3. The van der Waals surface area contributed by atoms with Crippen LogP contribution in [0.2, 0.25) is 0 Å². The van der Waals surface area contributed by atoms with E-state index in [1.54, 1.807) is 4.90 Å². The molecule has 0 unspecified atom stereocenters. The zero-order valence-electron chi connectivity index (χ0n) is 11.2. The maximum absolute atomic E-state index is 12.6. The molecule has 0 aliphatic rings. The van der Waals surface area contributed by atoms with Crippen LogP contribution in [0.4, 0.5) is 5.69 Å². The van der Waals surface area contributed by atoms with Gasteiger partial charge in [-0.2, -0.15) is 5.21 Å². The maximum atomic E-state index is 12.6. The third-order valence-electron chi connectivity index (χ3n) is 3.03. The van der Waals surface area contributed by atoms with E-state index in [-0.39, 0.29) is 11.7 Å². The van der Waals surface area contributed by atoms with E-state index in [1.807, 2.05) is 60.7 Å². The molecule has 0 radical (unpaired) electrons. The van der Waals surface area contributed by atoms with Gasteiger partial charge in [-0.25, -0.2) is 0 Å². The zero-order chi connectivity index (χ0) is 14.5. The first-order valence-corrected chi connectivity index (χ1v) is 6.49. The molecule has 1 amide bonds. The van der Waals surface area contributed by atoms with Crippen LogP contribution in [0.3, 0.4) is 0 Å². The van der Waals surface area contributed by atoms with Crippen LogP contribution in [0.25, 0.3) is 0 Å². The van der Waals surface area contributed by atoms with Gasteiger partial charge in [0.2, 0.25) is 0 Å². The van der Waals surface area contributed by atoms with E-state index in [4.69, 9.17) is 0 Å². The Morgan fingerprint density at radius 1 is 1.00 bits per heavy atom. The quantitative estimate of drug-likeness (QED) is 0.793. The molecule has 3 aromatic rings. The SMILES string of the molecule is O=C(c1nn[nH]n1)N(Cc1ccccc1)c1ccccc1. The Morgan fingerprint density at radius 3 is 2.29 bits per heavy atom. The molecule has 0 fully saturated rings. The molecule has 2 aromatic carbocycles. The average molecular weight is 279 g/mol. The van der Waals surface area contributed by atoms with Crippen molar-refractivity contribution in [2.45, 2.75) is 6.54 Å². The lowest BCUT2D eigenvalue weighted by Crippen LogP contribution is -2.31. The van der Waals surface area contributed by atoms with Crippen molar-refractivity contribution in [1.29, 1.82) is 0 Å². The first kappa shape index (κ1) is 13.0. The van der Waals surface area contributed by atoms with E-state index < -0.39 is 0 Å². The number of anilines is 1. The smallest absolute Gasteiger partial charge is 0.300 e. The number of benzene rings is 2. The Bertz CT molecular complexity index is 697. The lowest BCUT2D eigenvalue weighted by Gasteiger charge is -2.21. The second-order valence-electron chi connectivity index (χ2n) is 4.45. The van der Waals surface area contributed by atoms with Crippen molar-refractivity contribution >= 4 is 11.6 Å². The first-order valence-electron chi connectivity index (χ1n) is 6.49. The van der Waals surface area contributed by atoms with Crippen molar-refractivity contribution in [1.82, 2.24) is 20.6 Å². The van der Waals surface area contributed by atoms with E-state index in [2.05, 4.69) is 20.6 Å². The fourth-order valence-electron chi connectivity index (χ4n) is 2.03. The molecule has 0 aliphatic heterocycles. The van der Waals surface area contributed by atoms with E-state index in [1.165, 1.54) is 0 Å². The molecule has 0 atom stereocenters. The van der Waals surface area contributed by atoms with E-state index in [0.29, 0.717) is 6.54 Å². The Hall–Kier alpha value is -3.02. The number of hydrogen-bond donors (Lipinski definition) is 1. The highest BCUT2D eigenvalue weighted by atomic mass is 16.2. The predicted molar refractivity (Wildman–Crippen MR) is 77.6 cm³/mol. The number of nitrogens with one attached hydrogen (secondary N) is 1. The summed E-state index contributed by atoms with van der Waals surface area (Å²) in [6.07, 6.45) is 0. The van der Waals surface area contributed by atoms with Crippen molar-refractivity contribution in [3.63, 3.8) is 0 Å². The number of hydrogen-bond acceptors (Lipinski definition) is 4. The van der Waals surface area contributed by atoms with Crippen LogP contribution in [0.15, 0.2) is 60.7 Å². The molecule has 1 N–H and O–H groups in total. The fraction of sp³-hybridized carbons (Fsp3) is 0.0667. The molecule has 0 spiro atoms. The molecule has 0 saturated carbocycles. The highest BCUT2D eigenvalue weighted by Gasteiger charge is 2.21. The minimum Gasteiger partial charge on any atom is -0.301 e. The summed E-state index contributed by atoms with van der Waals surface area (Å²) >= 11 is 0. The number of amides is 1. The molecule has 0 aliphatic carbocycles. The highest BCUT2D eigenvalue weighted by molar-refractivity contribution is 6.03. The molecule has 3 rings (SSSR count). The number of nitrogens with zero attached hydrogens (tertiary/aromatic N) is 4. The van der Waals surface area contributed by atoms with Crippen molar-refractivity contribution in [2.24, 2.45) is 0 Å². The fourth-order valence-corrected chi connectivity index (χ4v) is 2.03. The predicted octanol–water partition coefficient (Wildman–Crippen LogP) is 2.05. The van der Waals surface area contributed by atoms with E-state index >= 15 is 0 Å². The summed E-state index contributed by atoms with van der Waals surface area (Å²) in [7, 11) is 0. The molecule has 104 valence electrons. The molecular formula is C15H13N5O. The van der Waals surface area contributed by atoms with Gasteiger partial charge in [0, 0.05) is 5.69 Å². The highest BCUT2D eigenvalue weighted by Crippen LogP contribution is 2.18. The minimum absolute atomic E-state index is 0.0507. The summed E-state index contributed by atoms with van der Waals surface area (Å²) in [5, 5.41) is 13.3. The molecule has 21 heavy (non-hydrogen) atoms. The number of H-pyrrole nitrogens is 1. The standard InChI is InChI=1S/C15H13N5O/c21-15(14-16-18-19-17-14)20(13-9-5-2-6-10-13)11-12-7-3-1-4-8-12/h1-10H,11H2,(H,16,17,18,19). The molecule has 6 heteroatoms. The number of aromatic amines is 1. The van der Waals surface area contributed by atoms with Gasteiger partial charge in [-0.3, -0.25) is 4.79 Å². The summed E-state index contributed by atoms with van der Waals surface area (Å²) in [6.45, 7) is 0.443. The Kier molecular flexibility index (Phi) is 3.68. The number of aromatic nitrogens is 4. The van der Waals surface area contributed by atoms with Crippen LogP contribution >= 0.6 is 0 Å². The summed E-state index contributed by atoms with van der Waals surface area (Å²) in [6, 6.07) is 19.2. The number of para-hydroxylation sites is 1. The average Bonchev–Trinajstić information content (AvgIpc) is 3.08. The molecular weight excluding hydrogens is 266 g/mol. The van der Waals surface area contributed by atoms with E-state index in [9.17, 15) is 4.79 Å². The van der Waals surface area contributed by atoms with Gasteiger partial charge in [0.25, 0.3) is 11.7 Å². The first-order chi connectivity index (χ1) is 10.3. The monoisotopic (exact) mass is 279 g/mol. The van der Waals surface area contributed by atoms with Crippen LogP contribution < -0.4 is 4.90 Å². The van der Waals surface area contributed by atoms with Crippen LogP contribution in [-0.2, 0) is 6.54 Å². The lowest BCUT2D eigenvalue weighted by atomic mass is 10.2. The van der Waals surface area contributed by atoms with Gasteiger partial charge in [0.1, 0.15) is 0 Å². The zero-order valence-corrected chi connectivity index (χ0v) is 11.2. The molecule has 1 aromatic heterocycles. The largest absolute Gasteiger partial charge is 0.301 e. The number of carbonyl (C=O) groups excluding carboxylic acids is 1. The van der Waals surface area contributed by atoms with Gasteiger partial charge in [-0.05, 0) is 22.9 Å². The maximum Gasteiger partial charge on any atom is 0.300 e. The van der Waals surface area contributed by atoms with Crippen LogP contribution in [0.1, 0.15) is 16.2 Å². The molecule has 1 heterocycles. The second-order valence-corrected chi connectivity index (χ2v) is 4.45. The van der Waals surface area contributed by atoms with E-state index in [0.717, 1.165) is 11.3 Å². The van der Waals surface area contributed by atoms with Crippen molar-refractivity contribution in [3.8, 4) is 0 Å². The number of tetrazole rings is 1. The number of carbonyl (C=O) groups is 1. The summed E-state index contributed by atoms with van der Waals surface area (Å²) in [5.41, 5.74) is 1.81. The Balaban J connectivity index is 1.93. The van der Waals surface area contributed by atoms with Crippen LogP contribution in [0, 0.1) is 0 Å². The topological polar surface area (TPSA) is 74.8 Å². The Labute approximate surface area is 121 Å². The number of rotatable bonds is 4. The van der Waals surface area contributed by atoms with Gasteiger partial charge < -0.3 is 4.90 Å². The molecule has 6 nitrogen and oxygen atoms in total. The van der Waals surface area contributed by atoms with Gasteiger partial charge >= 0.3 is 0 Å². The summed E-state index contributed by atoms with van der Waals surface area (Å²) in [5.74, 6) is -0.242. The Morgan fingerprint density at radius 2 is 1.67 bits per heavy atom. The third kappa shape index (κ3) is 2.94. The molecule has 0 saturated heterocycles.